The monoisotopic (exact) mass is 318 g/mol. The number of carbonyl (C=O) groups excluding carboxylic acids is 2. The number of urea groups is 1. The van der Waals surface area contributed by atoms with Gasteiger partial charge >= 0.3 is 6.03 Å². The summed E-state index contributed by atoms with van der Waals surface area (Å²) in [6.07, 6.45) is 2.11. The van der Waals surface area contributed by atoms with E-state index in [1.807, 2.05) is 29.2 Å². The summed E-state index contributed by atoms with van der Waals surface area (Å²) in [6.45, 7) is 6.16. The number of amides is 3. The minimum atomic E-state index is -0.550. The molecule has 126 valence electrons. The van der Waals surface area contributed by atoms with Crippen molar-refractivity contribution >= 4 is 11.9 Å². The molecule has 1 saturated heterocycles. The Morgan fingerprint density at radius 1 is 1.22 bits per heavy atom. The zero-order valence-corrected chi connectivity index (χ0v) is 13.7. The van der Waals surface area contributed by atoms with Crippen molar-refractivity contribution in [2.45, 2.75) is 26.3 Å². The van der Waals surface area contributed by atoms with Crippen LogP contribution in [0.1, 0.15) is 35.7 Å². The molecule has 0 atom stereocenters. The van der Waals surface area contributed by atoms with Crippen molar-refractivity contribution in [1.29, 1.82) is 0 Å². The third kappa shape index (κ3) is 5.25. The lowest BCUT2D eigenvalue weighted by atomic mass is 9.96. The number of carbonyl (C=O) groups is 2. The molecule has 23 heavy (non-hydrogen) atoms. The molecule has 6 nitrogen and oxygen atoms in total. The Balaban J connectivity index is 1.85. The molecule has 0 aromatic heterocycles. The Morgan fingerprint density at radius 2 is 1.87 bits per heavy atom. The SMILES string of the molecule is CCNCC1CCN(C(=O)c2ccc(CNC(N)=O)cc2)CC1. The highest BCUT2D eigenvalue weighted by Crippen LogP contribution is 2.18. The summed E-state index contributed by atoms with van der Waals surface area (Å²) >= 11 is 0. The first-order chi connectivity index (χ1) is 11.1. The first kappa shape index (κ1) is 17.3. The third-order valence-corrected chi connectivity index (χ3v) is 4.25. The van der Waals surface area contributed by atoms with Crippen molar-refractivity contribution in [3.63, 3.8) is 0 Å². The maximum atomic E-state index is 12.5. The molecule has 0 radical (unpaired) electrons. The molecule has 1 aromatic rings. The van der Waals surface area contributed by atoms with E-state index in [0.29, 0.717) is 18.0 Å². The summed E-state index contributed by atoms with van der Waals surface area (Å²) in [5.41, 5.74) is 6.66. The zero-order chi connectivity index (χ0) is 16.7. The number of likely N-dealkylation sites (tertiary alicyclic amines) is 1. The fourth-order valence-electron chi connectivity index (χ4n) is 2.83. The second kappa shape index (κ2) is 8.53. The van der Waals surface area contributed by atoms with Gasteiger partial charge in [-0.1, -0.05) is 19.1 Å². The predicted octanol–water partition coefficient (Wildman–Crippen LogP) is 1.32. The molecule has 1 aliphatic rings. The van der Waals surface area contributed by atoms with E-state index in [2.05, 4.69) is 17.6 Å². The molecule has 4 N–H and O–H groups in total. The lowest BCUT2D eigenvalue weighted by molar-refractivity contribution is 0.0690. The topological polar surface area (TPSA) is 87.5 Å². The molecule has 1 fully saturated rings. The minimum absolute atomic E-state index is 0.0845. The summed E-state index contributed by atoms with van der Waals surface area (Å²) < 4.78 is 0. The molecule has 0 spiro atoms. The Morgan fingerprint density at radius 3 is 2.43 bits per heavy atom. The van der Waals surface area contributed by atoms with Gasteiger partial charge in [-0.2, -0.15) is 0 Å². The number of primary amides is 1. The highest BCUT2D eigenvalue weighted by Gasteiger charge is 2.23. The zero-order valence-electron chi connectivity index (χ0n) is 13.7. The average Bonchev–Trinajstić information content (AvgIpc) is 2.58. The van der Waals surface area contributed by atoms with Crippen LogP contribution < -0.4 is 16.4 Å². The summed E-state index contributed by atoms with van der Waals surface area (Å²) in [7, 11) is 0. The lowest BCUT2D eigenvalue weighted by Crippen LogP contribution is -2.40. The van der Waals surface area contributed by atoms with Gasteiger partial charge < -0.3 is 21.3 Å². The van der Waals surface area contributed by atoms with Crippen LogP contribution in [0.4, 0.5) is 4.79 Å². The molecule has 1 aliphatic heterocycles. The van der Waals surface area contributed by atoms with Crippen molar-refractivity contribution in [3.8, 4) is 0 Å². The van der Waals surface area contributed by atoms with Gasteiger partial charge in [-0.25, -0.2) is 4.79 Å². The summed E-state index contributed by atoms with van der Waals surface area (Å²) in [5, 5.41) is 5.91. The molecule has 0 unspecified atom stereocenters. The van der Waals surface area contributed by atoms with Crippen LogP contribution in [0, 0.1) is 5.92 Å². The summed E-state index contributed by atoms with van der Waals surface area (Å²) in [5.74, 6) is 0.752. The maximum absolute atomic E-state index is 12.5. The molecule has 2 rings (SSSR count). The van der Waals surface area contributed by atoms with Crippen LogP contribution in [-0.2, 0) is 6.54 Å². The van der Waals surface area contributed by atoms with Gasteiger partial charge in [0.05, 0.1) is 0 Å². The molecule has 0 aliphatic carbocycles. The van der Waals surface area contributed by atoms with E-state index in [1.54, 1.807) is 0 Å². The number of benzene rings is 1. The number of nitrogens with two attached hydrogens (primary N) is 1. The number of rotatable bonds is 6. The number of piperidine rings is 1. The fraction of sp³-hybridized carbons (Fsp3) is 0.529. The standard InChI is InChI=1S/C17H26N4O2/c1-2-19-11-14-7-9-21(10-8-14)16(22)15-5-3-13(4-6-15)12-20-17(18)23/h3-6,14,19H,2,7-12H2,1H3,(H3,18,20,23). The number of nitrogens with zero attached hydrogens (tertiary/aromatic N) is 1. The first-order valence-corrected chi connectivity index (χ1v) is 8.22. The second-order valence-corrected chi connectivity index (χ2v) is 5.96. The number of hydrogen-bond donors (Lipinski definition) is 3. The largest absolute Gasteiger partial charge is 0.352 e. The number of hydrogen-bond acceptors (Lipinski definition) is 3. The highest BCUT2D eigenvalue weighted by molar-refractivity contribution is 5.94. The van der Waals surface area contributed by atoms with Gasteiger partial charge in [0, 0.05) is 25.2 Å². The van der Waals surface area contributed by atoms with Crippen molar-refractivity contribution in [2.75, 3.05) is 26.2 Å². The van der Waals surface area contributed by atoms with Gasteiger partial charge in [-0.05, 0) is 49.5 Å². The minimum Gasteiger partial charge on any atom is -0.352 e. The van der Waals surface area contributed by atoms with Gasteiger partial charge in [0.25, 0.3) is 5.91 Å². The van der Waals surface area contributed by atoms with Crippen LogP contribution in [0.2, 0.25) is 0 Å². The quantitative estimate of drug-likeness (QED) is 0.739. The molecular weight excluding hydrogens is 292 g/mol. The van der Waals surface area contributed by atoms with Crippen molar-refractivity contribution in [2.24, 2.45) is 11.7 Å². The number of nitrogens with one attached hydrogen (secondary N) is 2. The third-order valence-electron chi connectivity index (χ3n) is 4.25. The molecule has 0 saturated carbocycles. The fourth-order valence-corrected chi connectivity index (χ4v) is 2.83. The molecular formula is C17H26N4O2. The van der Waals surface area contributed by atoms with Crippen LogP contribution in [-0.4, -0.2) is 43.0 Å². The van der Waals surface area contributed by atoms with Gasteiger partial charge in [0.15, 0.2) is 0 Å². The van der Waals surface area contributed by atoms with E-state index in [1.165, 1.54) is 0 Å². The van der Waals surface area contributed by atoms with E-state index in [0.717, 1.165) is 44.6 Å². The smallest absolute Gasteiger partial charge is 0.312 e. The van der Waals surface area contributed by atoms with E-state index in [9.17, 15) is 9.59 Å². The van der Waals surface area contributed by atoms with Gasteiger partial charge in [-0.3, -0.25) is 4.79 Å². The molecule has 3 amide bonds. The molecule has 1 aromatic carbocycles. The van der Waals surface area contributed by atoms with Crippen LogP contribution in [0.15, 0.2) is 24.3 Å². The predicted molar refractivity (Wildman–Crippen MR) is 90.0 cm³/mol. The molecule has 6 heteroatoms. The Labute approximate surface area is 137 Å². The van der Waals surface area contributed by atoms with Crippen LogP contribution in [0.5, 0.6) is 0 Å². The van der Waals surface area contributed by atoms with Crippen molar-refractivity contribution in [1.82, 2.24) is 15.5 Å². The first-order valence-electron chi connectivity index (χ1n) is 8.22. The molecule has 1 heterocycles. The van der Waals surface area contributed by atoms with Gasteiger partial charge in [-0.15, -0.1) is 0 Å². The van der Waals surface area contributed by atoms with Crippen molar-refractivity contribution in [3.05, 3.63) is 35.4 Å². The average molecular weight is 318 g/mol. The van der Waals surface area contributed by atoms with Crippen molar-refractivity contribution < 1.29 is 9.59 Å². The highest BCUT2D eigenvalue weighted by atomic mass is 16.2. The molecule has 0 bridgehead atoms. The Hall–Kier alpha value is -2.08. The second-order valence-electron chi connectivity index (χ2n) is 5.96. The normalized spacial score (nSPS) is 15.4. The van der Waals surface area contributed by atoms with Gasteiger partial charge in [0.1, 0.15) is 0 Å². The Kier molecular flexibility index (Phi) is 6.40. The van der Waals surface area contributed by atoms with Crippen LogP contribution in [0.25, 0.3) is 0 Å². The van der Waals surface area contributed by atoms with Crippen LogP contribution in [0.3, 0.4) is 0 Å². The Bertz CT molecular complexity index is 522. The summed E-state index contributed by atoms with van der Waals surface area (Å²) in [6, 6.07) is 6.77. The van der Waals surface area contributed by atoms with Gasteiger partial charge in [0.2, 0.25) is 0 Å². The maximum Gasteiger partial charge on any atom is 0.312 e. The van der Waals surface area contributed by atoms with E-state index in [-0.39, 0.29) is 5.91 Å². The van der Waals surface area contributed by atoms with E-state index >= 15 is 0 Å². The summed E-state index contributed by atoms with van der Waals surface area (Å²) in [4.78, 5) is 25.1. The van der Waals surface area contributed by atoms with E-state index in [4.69, 9.17) is 5.73 Å². The lowest BCUT2D eigenvalue weighted by Gasteiger charge is -2.32. The van der Waals surface area contributed by atoms with E-state index < -0.39 is 6.03 Å². The van der Waals surface area contributed by atoms with Crippen LogP contribution >= 0.6 is 0 Å².